The van der Waals surface area contributed by atoms with Gasteiger partial charge in [0.05, 0.1) is 5.92 Å². The van der Waals surface area contributed by atoms with E-state index >= 15 is 0 Å². The summed E-state index contributed by atoms with van der Waals surface area (Å²) in [7, 11) is 1.76. The van der Waals surface area contributed by atoms with E-state index in [1.807, 2.05) is 0 Å². The van der Waals surface area contributed by atoms with Gasteiger partial charge in [-0.25, -0.2) is 0 Å². The Morgan fingerprint density at radius 3 is 2.60 bits per heavy atom. The van der Waals surface area contributed by atoms with Crippen molar-refractivity contribution < 1.29 is 9.26 Å². The molecule has 5 heteroatoms. The molecule has 0 aromatic carbocycles. The summed E-state index contributed by atoms with van der Waals surface area (Å²) < 4.78 is 11.3. The summed E-state index contributed by atoms with van der Waals surface area (Å²) in [6.45, 7) is 7.30. The topological polar surface area (TPSA) is 60.2 Å². The molecular formula is C15H27N3O2. The highest BCUT2D eigenvalue weighted by Gasteiger charge is 2.39. The van der Waals surface area contributed by atoms with Crippen LogP contribution in [0.25, 0.3) is 0 Å². The number of nitrogens with zero attached hydrogens (tertiary/aromatic N) is 2. The molecule has 0 bridgehead atoms. The van der Waals surface area contributed by atoms with Gasteiger partial charge in [0.15, 0.2) is 0 Å². The summed E-state index contributed by atoms with van der Waals surface area (Å²) in [4.78, 5) is 4.64. The number of rotatable bonds is 6. The van der Waals surface area contributed by atoms with E-state index < -0.39 is 0 Å². The largest absolute Gasteiger partial charge is 0.370 e. The third kappa shape index (κ3) is 3.04. The van der Waals surface area contributed by atoms with Crippen molar-refractivity contribution in [1.82, 2.24) is 15.5 Å². The van der Waals surface area contributed by atoms with Crippen LogP contribution in [0, 0.1) is 0 Å². The maximum atomic E-state index is 5.77. The molecule has 1 heterocycles. The van der Waals surface area contributed by atoms with Crippen molar-refractivity contribution >= 4 is 0 Å². The van der Waals surface area contributed by atoms with Crippen molar-refractivity contribution in [2.24, 2.45) is 0 Å². The molecule has 1 aliphatic carbocycles. The molecular weight excluding hydrogens is 254 g/mol. The summed E-state index contributed by atoms with van der Waals surface area (Å²) in [6, 6.07) is 0.318. The summed E-state index contributed by atoms with van der Waals surface area (Å²) in [5.41, 5.74) is -0.332. The Labute approximate surface area is 121 Å². The standard InChI is InChI=1S/C15H27N3O2/c1-5-16-12(3)11(2)13-17-14(18-20-13)15(19-4)9-7-6-8-10-15/h11-12,16H,5-10H2,1-4H3. The van der Waals surface area contributed by atoms with Gasteiger partial charge in [0, 0.05) is 13.2 Å². The Balaban J connectivity index is 2.15. The van der Waals surface area contributed by atoms with Crippen molar-refractivity contribution in [3.63, 3.8) is 0 Å². The second kappa shape index (κ2) is 6.68. The highest BCUT2D eigenvalue weighted by Crippen LogP contribution is 2.38. The smallest absolute Gasteiger partial charge is 0.231 e. The number of aromatic nitrogens is 2. The fourth-order valence-corrected chi connectivity index (χ4v) is 2.96. The molecule has 0 radical (unpaired) electrons. The van der Waals surface area contributed by atoms with E-state index in [0.717, 1.165) is 25.2 Å². The van der Waals surface area contributed by atoms with E-state index in [9.17, 15) is 0 Å². The zero-order valence-electron chi connectivity index (χ0n) is 13.1. The van der Waals surface area contributed by atoms with Gasteiger partial charge in [0.1, 0.15) is 5.60 Å². The van der Waals surface area contributed by atoms with Crippen LogP contribution in [0.4, 0.5) is 0 Å². The predicted molar refractivity (Wildman–Crippen MR) is 77.6 cm³/mol. The van der Waals surface area contributed by atoms with Crippen molar-refractivity contribution in [1.29, 1.82) is 0 Å². The fraction of sp³-hybridized carbons (Fsp3) is 0.867. The highest BCUT2D eigenvalue weighted by molar-refractivity contribution is 5.06. The van der Waals surface area contributed by atoms with Gasteiger partial charge >= 0.3 is 0 Å². The number of hydrogen-bond acceptors (Lipinski definition) is 5. The molecule has 2 atom stereocenters. The molecule has 0 spiro atoms. The third-order valence-corrected chi connectivity index (χ3v) is 4.57. The molecule has 1 aromatic heterocycles. The first-order valence-corrected chi connectivity index (χ1v) is 7.75. The molecule has 5 nitrogen and oxygen atoms in total. The number of methoxy groups -OCH3 is 1. The lowest BCUT2D eigenvalue weighted by Gasteiger charge is -2.32. The van der Waals surface area contributed by atoms with Gasteiger partial charge < -0.3 is 14.6 Å². The van der Waals surface area contributed by atoms with Gasteiger partial charge in [-0.15, -0.1) is 0 Å². The van der Waals surface area contributed by atoms with Crippen LogP contribution in [-0.4, -0.2) is 29.8 Å². The van der Waals surface area contributed by atoms with Gasteiger partial charge in [-0.1, -0.05) is 38.3 Å². The number of likely N-dealkylation sites (N-methyl/N-ethyl adjacent to an activating group) is 1. The first kappa shape index (κ1) is 15.4. The molecule has 1 saturated carbocycles. The van der Waals surface area contributed by atoms with E-state index in [-0.39, 0.29) is 11.5 Å². The van der Waals surface area contributed by atoms with Gasteiger partial charge in [0.25, 0.3) is 0 Å². The molecule has 1 aromatic rings. The predicted octanol–water partition coefficient (Wildman–Crippen LogP) is 2.98. The van der Waals surface area contributed by atoms with Gasteiger partial charge in [-0.05, 0) is 26.3 Å². The van der Waals surface area contributed by atoms with Crippen molar-refractivity contribution in [2.45, 2.75) is 70.4 Å². The lowest BCUT2D eigenvalue weighted by molar-refractivity contribution is -0.0527. The Kier molecular flexibility index (Phi) is 5.16. The second-order valence-electron chi connectivity index (χ2n) is 5.85. The van der Waals surface area contributed by atoms with Gasteiger partial charge in [-0.2, -0.15) is 4.98 Å². The van der Waals surface area contributed by atoms with Crippen LogP contribution in [-0.2, 0) is 10.3 Å². The van der Waals surface area contributed by atoms with E-state index in [2.05, 4.69) is 36.2 Å². The van der Waals surface area contributed by atoms with Crippen LogP contribution in [0.15, 0.2) is 4.52 Å². The molecule has 0 amide bonds. The Bertz CT molecular complexity index is 413. The monoisotopic (exact) mass is 281 g/mol. The molecule has 2 rings (SSSR count). The number of nitrogens with one attached hydrogen (secondary N) is 1. The molecule has 114 valence electrons. The first-order chi connectivity index (χ1) is 9.63. The first-order valence-electron chi connectivity index (χ1n) is 7.75. The minimum atomic E-state index is -0.332. The molecule has 0 aliphatic heterocycles. The summed E-state index contributed by atoms with van der Waals surface area (Å²) in [5, 5.41) is 7.60. The average molecular weight is 281 g/mol. The highest BCUT2D eigenvalue weighted by atomic mass is 16.5. The summed E-state index contributed by atoms with van der Waals surface area (Å²) >= 11 is 0. The van der Waals surface area contributed by atoms with Crippen LogP contribution in [0.5, 0.6) is 0 Å². The number of ether oxygens (including phenoxy) is 1. The molecule has 1 N–H and O–H groups in total. The molecule has 0 saturated heterocycles. The summed E-state index contributed by atoms with van der Waals surface area (Å²) in [6.07, 6.45) is 5.57. The van der Waals surface area contributed by atoms with Crippen LogP contribution in [0.3, 0.4) is 0 Å². The van der Waals surface area contributed by atoms with Crippen LogP contribution in [0.1, 0.15) is 70.5 Å². The minimum absolute atomic E-state index is 0.202. The maximum Gasteiger partial charge on any atom is 0.231 e. The van der Waals surface area contributed by atoms with Crippen molar-refractivity contribution in [3.05, 3.63) is 11.7 Å². The van der Waals surface area contributed by atoms with Crippen LogP contribution < -0.4 is 5.32 Å². The molecule has 20 heavy (non-hydrogen) atoms. The van der Waals surface area contributed by atoms with Gasteiger partial charge in [0.2, 0.25) is 11.7 Å². The quantitative estimate of drug-likeness (QED) is 0.868. The molecule has 1 fully saturated rings. The Hall–Kier alpha value is -0.940. The zero-order chi connectivity index (χ0) is 14.6. The minimum Gasteiger partial charge on any atom is -0.370 e. The Morgan fingerprint density at radius 1 is 1.30 bits per heavy atom. The SMILES string of the molecule is CCNC(C)C(C)c1nc(C2(OC)CCCCC2)no1. The Morgan fingerprint density at radius 2 is 2.00 bits per heavy atom. The second-order valence-corrected chi connectivity index (χ2v) is 5.85. The lowest BCUT2D eigenvalue weighted by atomic mass is 9.84. The molecule has 1 aliphatic rings. The van der Waals surface area contributed by atoms with E-state index in [4.69, 9.17) is 9.26 Å². The lowest BCUT2D eigenvalue weighted by Crippen LogP contribution is -2.33. The molecule has 2 unspecified atom stereocenters. The van der Waals surface area contributed by atoms with Crippen LogP contribution >= 0.6 is 0 Å². The third-order valence-electron chi connectivity index (χ3n) is 4.57. The average Bonchev–Trinajstić information content (AvgIpc) is 2.97. The van der Waals surface area contributed by atoms with E-state index in [0.29, 0.717) is 11.9 Å². The van der Waals surface area contributed by atoms with E-state index in [1.54, 1.807) is 7.11 Å². The maximum absolute atomic E-state index is 5.77. The summed E-state index contributed by atoms with van der Waals surface area (Å²) in [5.74, 6) is 1.63. The van der Waals surface area contributed by atoms with Crippen molar-refractivity contribution in [3.8, 4) is 0 Å². The van der Waals surface area contributed by atoms with Crippen LogP contribution in [0.2, 0.25) is 0 Å². The zero-order valence-corrected chi connectivity index (χ0v) is 13.1. The van der Waals surface area contributed by atoms with Gasteiger partial charge in [-0.3, -0.25) is 0 Å². The fourth-order valence-electron chi connectivity index (χ4n) is 2.96. The number of hydrogen-bond donors (Lipinski definition) is 1. The normalized spacial score (nSPS) is 21.6. The van der Waals surface area contributed by atoms with Crippen molar-refractivity contribution in [2.75, 3.05) is 13.7 Å². The van der Waals surface area contributed by atoms with E-state index in [1.165, 1.54) is 19.3 Å².